The third kappa shape index (κ3) is 2.12. The molecule has 0 aliphatic carbocycles. The van der Waals surface area contributed by atoms with Gasteiger partial charge >= 0.3 is 0 Å². The van der Waals surface area contributed by atoms with Crippen LogP contribution in [0.15, 0.2) is 18.2 Å². The number of hydrogen-bond donors (Lipinski definition) is 1. The first-order valence-corrected chi connectivity index (χ1v) is 5.31. The zero-order valence-electron chi connectivity index (χ0n) is 8.99. The van der Waals surface area contributed by atoms with Crippen LogP contribution in [0.25, 0.3) is 0 Å². The molecule has 0 aromatic heterocycles. The first-order chi connectivity index (χ1) is 7.31. The Morgan fingerprint density at radius 1 is 1.53 bits per heavy atom. The first-order valence-electron chi connectivity index (χ1n) is 5.31. The highest BCUT2D eigenvalue weighted by atomic mass is 16.1. The third-order valence-electron chi connectivity index (χ3n) is 2.88. The molecule has 0 radical (unpaired) electrons. The largest absolute Gasteiger partial charge is 0.374 e. The number of carbonyl (C=O) groups is 1. The summed E-state index contributed by atoms with van der Waals surface area (Å²) in [6, 6.07) is 6.43. The monoisotopic (exact) mass is 204 g/mol. The van der Waals surface area contributed by atoms with Crippen molar-refractivity contribution in [3.8, 4) is 0 Å². The maximum atomic E-state index is 10.2. The van der Waals surface area contributed by atoms with Gasteiger partial charge in [0.15, 0.2) is 0 Å². The minimum Gasteiger partial charge on any atom is -0.374 e. The van der Waals surface area contributed by atoms with Gasteiger partial charge in [0.2, 0.25) is 6.41 Å². The Hall–Kier alpha value is -1.51. The highest BCUT2D eigenvalue weighted by Crippen LogP contribution is 2.26. The Morgan fingerprint density at radius 2 is 2.40 bits per heavy atom. The zero-order chi connectivity index (χ0) is 10.7. The topological polar surface area (TPSA) is 32.3 Å². The fourth-order valence-electron chi connectivity index (χ4n) is 2.11. The van der Waals surface area contributed by atoms with E-state index in [2.05, 4.69) is 35.5 Å². The van der Waals surface area contributed by atoms with Gasteiger partial charge in [-0.1, -0.05) is 12.1 Å². The molecule has 3 heteroatoms. The van der Waals surface area contributed by atoms with Gasteiger partial charge in [-0.3, -0.25) is 4.79 Å². The van der Waals surface area contributed by atoms with Gasteiger partial charge in [0.1, 0.15) is 0 Å². The third-order valence-corrected chi connectivity index (χ3v) is 2.88. The number of anilines is 1. The summed E-state index contributed by atoms with van der Waals surface area (Å²) in [4.78, 5) is 12.5. The molecule has 0 spiro atoms. The summed E-state index contributed by atoms with van der Waals surface area (Å²) < 4.78 is 0. The summed E-state index contributed by atoms with van der Waals surface area (Å²) in [6.45, 7) is 1.76. The van der Waals surface area contributed by atoms with Crippen LogP contribution in [0.1, 0.15) is 17.5 Å². The van der Waals surface area contributed by atoms with Crippen LogP contribution in [0.5, 0.6) is 0 Å². The van der Waals surface area contributed by atoms with Crippen LogP contribution in [0.2, 0.25) is 0 Å². The molecule has 2 rings (SSSR count). The van der Waals surface area contributed by atoms with E-state index in [0.29, 0.717) is 6.54 Å². The molecule has 80 valence electrons. The van der Waals surface area contributed by atoms with E-state index in [4.69, 9.17) is 0 Å². The second-order valence-electron chi connectivity index (χ2n) is 3.99. The average molecular weight is 204 g/mol. The fourth-order valence-corrected chi connectivity index (χ4v) is 2.11. The molecule has 0 saturated carbocycles. The maximum absolute atomic E-state index is 10.2. The number of benzene rings is 1. The summed E-state index contributed by atoms with van der Waals surface area (Å²) in [7, 11) is 2.13. The SMILES string of the molecule is CN1CCCc2cc(CNC=O)ccc21. The first kappa shape index (κ1) is 10.0. The molecule has 1 aliphatic rings. The van der Waals surface area contributed by atoms with E-state index in [9.17, 15) is 4.79 Å². The molecule has 1 amide bonds. The van der Waals surface area contributed by atoms with Crippen LogP contribution in [0.4, 0.5) is 5.69 Å². The average Bonchev–Trinajstić information content (AvgIpc) is 2.26. The summed E-state index contributed by atoms with van der Waals surface area (Å²) in [6.07, 6.45) is 3.11. The molecule has 1 aromatic carbocycles. The van der Waals surface area contributed by atoms with Crippen molar-refractivity contribution in [2.75, 3.05) is 18.5 Å². The number of carbonyl (C=O) groups excluding carboxylic acids is 1. The molecule has 0 unspecified atom stereocenters. The lowest BCUT2D eigenvalue weighted by Gasteiger charge is -2.27. The van der Waals surface area contributed by atoms with Crippen molar-refractivity contribution < 1.29 is 4.79 Å². The van der Waals surface area contributed by atoms with Gasteiger partial charge in [0.05, 0.1) is 0 Å². The smallest absolute Gasteiger partial charge is 0.207 e. The number of nitrogens with zero attached hydrogens (tertiary/aromatic N) is 1. The minimum absolute atomic E-state index is 0.625. The molecule has 1 N–H and O–H groups in total. The lowest BCUT2D eigenvalue weighted by atomic mass is 10.00. The second kappa shape index (κ2) is 4.34. The van der Waals surface area contributed by atoms with E-state index >= 15 is 0 Å². The van der Waals surface area contributed by atoms with Gasteiger partial charge in [-0.15, -0.1) is 0 Å². The quantitative estimate of drug-likeness (QED) is 0.753. The molecule has 15 heavy (non-hydrogen) atoms. The van der Waals surface area contributed by atoms with Crippen molar-refractivity contribution in [2.24, 2.45) is 0 Å². The summed E-state index contributed by atoms with van der Waals surface area (Å²) in [5.41, 5.74) is 3.90. The Labute approximate surface area is 90.1 Å². The predicted molar refractivity (Wildman–Crippen MR) is 60.9 cm³/mol. The van der Waals surface area contributed by atoms with Gasteiger partial charge in [-0.05, 0) is 30.0 Å². The van der Waals surface area contributed by atoms with Crippen LogP contribution >= 0.6 is 0 Å². The molecular formula is C12H16N2O. The van der Waals surface area contributed by atoms with Gasteiger partial charge in [-0.2, -0.15) is 0 Å². The highest BCUT2D eigenvalue weighted by molar-refractivity contribution is 5.56. The zero-order valence-corrected chi connectivity index (χ0v) is 8.99. The fraction of sp³-hybridized carbons (Fsp3) is 0.417. The van der Waals surface area contributed by atoms with E-state index in [1.807, 2.05) is 0 Å². The van der Waals surface area contributed by atoms with Crippen LogP contribution in [0, 0.1) is 0 Å². The number of hydrogen-bond acceptors (Lipinski definition) is 2. The molecule has 0 bridgehead atoms. The van der Waals surface area contributed by atoms with E-state index in [1.165, 1.54) is 23.2 Å². The summed E-state index contributed by atoms with van der Waals surface area (Å²) in [5.74, 6) is 0. The van der Waals surface area contributed by atoms with Crippen molar-refractivity contribution in [3.05, 3.63) is 29.3 Å². The van der Waals surface area contributed by atoms with Crippen molar-refractivity contribution in [3.63, 3.8) is 0 Å². The Morgan fingerprint density at radius 3 is 3.20 bits per heavy atom. The molecule has 1 aliphatic heterocycles. The Balaban J connectivity index is 2.21. The van der Waals surface area contributed by atoms with Crippen molar-refractivity contribution >= 4 is 12.1 Å². The number of aryl methyl sites for hydroxylation is 1. The van der Waals surface area contributed by atoms with E-state index in [1.54, 1.807) is 0 Å². The predicted octanol–water partition coefficient (Wildman–Crippen LogP) is 1.31. The summed E-state index contributed by atoms with van der Waals surface area (Å²) >= 11 is 0. The number of nitrogens with one attached hydrogen (secondary N) is 1. The highest BCUT2D eigenvalue weighted by Gasteiger charge is 2.13. The lowest BCUT2D eigenvalue weighted by molar-refractivity contribution is -0.109. The second-order valence-corrected chi connectivity index (χ2v) is 3.99. The van der Waals surface area contributed by atoms with Gasteiger partial charge in [0, 0.05) is 25.8 Å². The normalized spacial score (nSPS) is 14.6. The standard InChI is InChI=1S/C12H16N2O/c1-14-6-2-3-11-7-10(8-13-9-15)4-5-12(11)14/h4-5,7,9H,2-3,6,8H2,1H3,(H,13,15). The molecule has 0 fully saturated rings. The molecule has 0 atom stereocenters. The molecule has 1 heterocycles. The summed E-state index contributed by atoms with van der Waals surface area (Å²) in [5, 5.41) is 2.69. The molecular weight excluding hydrogens is 188 g/mol. The van der Waals surface area contributed by atoms with Crippen molar-refractivity contribution in [1.29, 1.82) is 0 Å². The van der Waals surface area contributed by atoms with Crippen LogP contribution in [-0.2, 0) is 17.8 Å². The van der Waals surface area contributed by atoms with Gasteiger partial charge < -0.3 is 10.2 Å². The van der Waals surface area contributed by atoms with E-state index in [0.717, 1.165) is 19.4 Å². The molecule has 1 aromatic rings. The Kier molecular flexibility index (Phi) is 2.90. The number of amides is 1. The van der Waals surface area contributed by atoms with Gasteiger partial charge in [0.25, 0.3) is 0 Å². The van der Waals surface area contributed by atoms with Crippen molar-refractivity contribution in [1.82, 2.24) is 5.32 Å². The lowest BCUT2D eigenvalue weighted by Crippen LogP contribution is -2.24. The van der Waals surface area contributed by atoms with Crippen LogP contribution in [0.3, 0.4) is 0 Å². The van der Waals surface area contributed by atoms with Crippen LogP contribution < -0.4 is 10.2 Å². The number of rotatable bonds is 3. The number of fused-ring (bicyclic) bond motifs is 1. The van der Waals surface area contributed by atoms with E-state index < -0.39 is 0 Å². The molecule has 0 saturated heterocycles. The molecule has 3 nitrogen and oxygen atoms in total. The maximum Gasteiger partial charge on any atom is 0.207 e. The Bertz CT molecular complexity index is 363. The van der Waals surface area contributed by atoms with E-state index in [-0.39, 0.29) is 0 Å². The van der Waals surface area contributed by atoms with Crippen molar-refractivity contribution in [2.45, 2.75) is 19.4 Å². The van der Waals surface area contributed by atoms with Gasteiger partial charge in [-0.25, -0.2) is 0 Å². The van der Waals surface area contributed by atoms with Crippen LogP contribution in [-0.4, -0.2) is 20.0 Å². The minimum atomic E-state index is 0.625.